The number of nitrogens with zero attached hydrogens (tertiary/aromatic N) is 2. The van der Waals surface area contributed by atoms with E-state index in [9.17, 15) is 39.0 Å². The highest BCUT2D eigenvalue weighted by Gasteiger charge is 2.32. The van der Waals surface area contributed by atoms with Crippen LogP contribution < -0.4 is 43.8 Å². The van der Waals surface area contributed by atoms with Crippen LogP contribution >= 0.6 is 0 Å². The highest BCUT2D eigenvalue weighted by atomic mass is 16.4. The van der Waals surface area contributed by atoms with Crippen molar-refractivity contribution in [3.8, 4) is 0 Å². The molecule has 0 aromatic carbocycles. The van der Waals surface area contributed by atoms with Crippen LogP contribution in [0, 0.1) is 0 Å². The van der Waals surface area contributed by atoms with Crippen LogP contribution in [0.2, 0.25) is 0 Å². The molecule has 0 aliphatic carbocycles. The van der Waals surface area contributed by atoms with Crippen LogP contribution in [-0.4, -0.2) is 134 Å². The summed E-state index contributed by atoms with van der Waals surface area (Å²) in [6, 6.07) is -7.29. The number of imidazole rings is 1. The molecule has 21 heteroatoms. The Hall–Kier alpha value is -4.86. The fourth-order valence-electron chi connectivity index (χ4n) is 3.60. The lowest BCUT2D eigenvalue weighted by Crippen LogP contribution is -2.60. The predicted octanol–water partition coefficient (Wildman–Crippen LogP) is -7.16. The number of nitrogens with two attached hydrogens (primary N) is 3. The third-order valence-electron chi connectivity index (χ3n) is 6.03. The number of amides is 5. The minimum absolute atomic E-state index is 0.0286. The second kappa shape index (κ2) is 19.4. The molecule has 1 aromatic rings. The van der Waals surface area contributed by atoms with E-state index in [2.05, 4.69) is 36.2 Å². The number of aliphatic hydroxyl groups is 3. The van der Waals surface area contributed by atoms with Crippen LogP contribution in [0.4, 0.5) is 0 Å². The van der Waals surface area contributed by atoms with Crippen molar-refractivity contribution in [3.63, 3.8) is 0 Å². The van der Waals surface area contributed by atoms with E-state index in [-0.39, 0.29) is 31.8 Å². The van der Waals surface area contributed by atoms with Gasteiger partial charge in [0.05, 0.1) is 32.2 Å². The van der Waals surface area contributed by atoms with E-state index in [4.69, 9.17) is 27.4 Å². The number of nitrogens with one attached hydrogen (secondary N) is 6. The first-order valence-corrected chi connectivity index (χ1v) is 13.6. The molecule has 0 spiro atoms. The molecular weight excluding hydrogens is 602 g/mol. The third kappa shape index (κ3) is 14.0. The van der Waals surface area contributed by atoms with E-state index >= 15 is 0 Å². The molecule has 1 rings (SSSR count). The molecule has 0 radical (unpaired) electrons. The number of H-pyrrole nitrogens is 1. The van der Waals surface area contributed by atoms with Gasteiger partial charge < -0.3 is 69.2 Å². The molecule has 1 aromatic heterocycles. The zero-order chi connectivity index (χ0) is 34.1. The predicted molar refractivity (Wildman–Crippen MR) is 154 cm³/mol. The zero-order valence-electron chi connectivity index (χ0n) is 24.4. The van der Waals surface area contributed by atoms with Crippen molar-refractivity contribution in [2.45, 2.75) is 62.5 Å². The Labute approximate surface area is 256 Å². The Morgan fingerprint density at radius 2 is 1.60 bits per heavy atom. The summed E-state index contributed by atoms with van der Waals surface area (Å²) in [5.41, 5.74) is 16.4. The fourth-order valence-corrected chi connectivity index (χ4v) is 3.60. The standard InChI is InChI=1S/C24H41N11O10/c1-11(38)18(22(43)34-16(9-37)23(44)45)35-21(42)15(5-12-6-28-10-31-12)32-17(39)7-30-20(41)14(3-2-4-29-24(26)27)33-19(40)13(25)8-36/h6,10-11,13-16,18,36-38H,2-5,7-9,25H2,1H3,(H,28,31)(H,30,41)(H,32,39)(H,33,40)(H,34,43)(H,35,42)(H,44,45)(H4,26,27,29)/t11-,13+,14+,15+,16+,18+/m1/s1. The highest BCUT2D eigenvalue weighted by molar-refractivity contribution is 5.95. The van der Waals surface area contributed by atoms with Gasteiger partial charge in [0.25, 0.3) is 0 Å². The normalized spacial score (nSPS) is 14.8. The molecule has 0 bridgehead atoms. The number of carbonyl (C=O) groups excluding carboxylic acids is 5. The Morgan fingerprint density at radius 1 is 0.933 bits per heavy atom. The van der Waals surface area contributed by atoms with Gasteiger partial charge in [-0.1, -0.05) is 0 Å². The van der Waals surface area contributed by atoms with E-state index in [1.54, 1.807) is 0 Å². The molecule has 0 aliphatic heterocycles. The maximum atomic E-state index is 13.2. The minimum Gasteiger partial charge on any atom is -0.480 e. The third-order valence-corrected chi connectivity index (χ3v) is 6.03. The van der Waals surface area contributed by atoms with E-state index < -0.39 is 91.6 Å². The fraction of sp³-hybridized carbons (Fsp3) is 0.583. The first kappa shape index (κ1) is 38.2. The van der Waals surface area contributed by atoms with Crippen molar-refractivity contribution in [1.29, 1.82) is 0 Å². The number of carboxylic acid groups (broad SMARTS) is 1. The second-order valence-electron chi connectivity index (χ2n) is 9.73. The highest BCUT2D eigenvalue weighted by Crippen LogP contribution is 2.03. The molecular formula is C24H41N11O10. The van der Waals surface area contributed by atoms with Gasteiger partial charge in [0.15, 0.2) is 5.96 Å². The average molecular weight is 644 g/mol. The first-order chi connectivity index (χ1) is 21.2. The lowest BCUT2D eigenvalue weighted by molar-refractivity contribution is -0.144. The zero-order valence-corrected chi connectivity index (χ0v) is 24.4. The molecule has 6 atom stereocenters. The molecule has 0 saturated heterocycles. The molecule has 0 fully saturated rings. The Bertz CT molecular complexity index is 1170. The number of aliphatic imine (C=N–C) groups is 1. The van der Waals surface area contributed by atoms with Gasteiger partial charge in [0.2, 0.25) is 29.5 Å². The van der Waals surface area contributed by atoms with Crippen LogP contribution in [0.5, 0.6) is 0 Å². The van der Waals surface area contributed by atoms with Crippen LogP contribution in [0.3, 0.4) is 0 Å². The molecule has 0 unspecified atom stereocenters. The maximum Gasteiger partial charge on any atom is 0.328 e. The van der Waals surface area contributed by atoms with Crippen molar-refractivity contribution in [1.82, 2.24) is 36.6 Å². The number of hydrogen-bond acceptors (Lipinski definition) is 12. The van der Waals surface area contributed by atoms with Gasteiger partial charge in [-0.2, -0.15) is 0 Å². The monoisotopic (exact) mass is 643 g/mol. The summed E-state index contributed by atoms with van der Waals surface area (Å²) < 4.78 is 0. The van der Waals surface area contributed by atoms with Gasteiger partial charge in [-0.05, 0) is 19.8 Å². The lowest BCUT2D eigenvalue weighted by Gasteiger charge is -2.25. The van der Waals surface area contributed by atoms with Crippen LogP contribution in [0.15, 0.2) is 17.5 Å². The number of carbonyl (C=O) groups is 6. The molecule has 45 heavy (non-hydrogen) atoms. The molecule has 16 N–H and O–H groups in total. The Kier molecular flexibility index (Phi) is 16.5. The van der Waals surface area contributed by atoms with E-state index in [1.165, 1.54) is 12.5 Å². The van der Waals surface area contributed by atoms with Crippen LogP contribution in [-0.2, 0) is 35.2 Å². The van der Waals surface area contributed by atoms with Gasteiger partial charge >= 0.3 is 5.97 Å². The summed E-state index contributed by atoms with van der Waals surface area (Å²) in [4.78, 5) is 85.1. The molecule has 21 nitrogen and oxygen atoms in total. The van der Waals surface area contributed by atoms with Gasteiger partial charge in [0.1, 0.15) is 30.2 Å². The maximum absolute atomic E-state index is 13.2. The van der Waals surface area contributed by atoms with Crippen LogP contribution in [0.1, 0.15) is 25.5 Å². The number of aliphatic hydroxyl groups excluding tert-OH is 3. The summed E-state index contributed by atoms with van der Waals surface area (Å²) in [6.07, 6.45) is 1.23. The van der Waals surface area contributed by atoms with Gasteiger partial charge in [-0.15, -0.1) is 0 Å². The summed E-state index contributed by atoms with van der Waals surface area (Å²) in [7, 11) is 0. The number of aliphatic carboxylic acids is 1. The van der Waals surface area contributed by atoms with Crippen molar-refractivity contribution in [2.75, 3.05) is 26.3 Å². The van der Waals surface area contributed by atoms with Crippen molar-refractivity contribution in [2.24, 2.45) is 22.2 Å². The Morgan fingerprint density at radius 3 is 2.13 bits per heavy atom. The summed E-state index contributed by atoms with van der Waals surface area (Å²) in [5.74, 6) is -6.32. The van der Waals surface area contributed by atoms with Gasteiger partial charge in [-0.3, -0.25) is 29.0 Å². The van der Waals surface area contributed by atoms with Crippen molar-refractivity contribution in [3.05, 3.63) is 18.2 Å². The minimum atomic E-state index is -1.71. The lowest BCUT2D eigenvalue weighted by atomic mass is 10.1. The van der Waals surface area contributed by atoms with Gasteiger partial charge in [-0.25, -0.2) is 9.78 Å². The first-order valence-electron chi connectivity index (χ1n) is 13.6. The van der Waals surface area contributed by atoms with E-state index in [1.807, 2.05) is 5.32 Å². The molecule has 1 heterocycles. The Balaban J connectivity index is 2.99. The quantitative estimate of drug-likeness (QED) is 0.0357. The van der Waals surface area contributed by atoms with Crippen molar-refractivity contribution < 1.29 is 49.2 Å². The second-order valence-corrected chi connectivity index (χ2v) is 9.73. The molecule has 5 amide bonds. The number of rotatable bonds is 20. The van der Waals surface area contributed by atoms with E-state index in [0.717, 1.165) is 6.92 Å². The summed E-state index contributed by atoms with van der Waals surface area (Å²) >= 11 is 0. The number of hydrogen-bond donors (Lipinski definition) is 13. The van der Waals surface area contributed by atoms with Crippen molar-refractivity contribution >= 4 is 41.5 Å². The number of aromatic amines is 1. The number of carboxylic acids is 1. The van der Waals surface area contributed by atoms with Gasteiger partial charge in [0, 0.05) is 24.9 Å². The SMILES string of the molecule is C[C@@H](O)[C@H](NC(=O)[C@H](Cc1cnc[nH]1)NC(=O)CNC(=O)[C@H](CCCN=C(N)N)NC(=O)[C@@H](N)CO)C(=O)N[C@@H](CO)C(=O)O. The van der Waals surface area contributed by atoms with Crippen LogP contribution in [0.25, 0.3) is 0 Å². The molecule has 0 saturated carbocycles. The summed E-state index contributed by atoms with van der Waals surface area (Å²) in [5, 5.41) is 48.8. The number of guanidine groups is 1. The average Bonchev–Trinajstić information content (AvgIpc) is 3.50. The smallest absolute Gasteiger partial charge is 0.328 e. The largest absolute Gasteiger partial charge is 0.480 e. The summed E-state index contributed by atoms with van der Waals surface area (Å²) in [6.45, 7) is -1.04. The molecule has 252 valence electrons. The molecule has 0 aliphatic rings. The number of aromatic nitrogens is 2. The van der Waals surface area contributed by atoms with E-state index in [0.29, 0.717) is 5.69 Å². The topological polar surface area (TPSA) is 363 Å².